The quantitative estimate of drug-likeness (QED) is 0.166. The maximum Gasteiger partial charge on any atom is 0.0685 e. The van der Waals surface area contributed by atoms with E-state index in [4.69, 9.17) is 0 Å². The minimum absolute atomic E-state index is 0.814. The Balaban J connectivity index is 1.48. The third-order valence-corrected chi connectivity index (χ3v) is 8.19. The zero-order chi connectivity index (χ0) is 29.7. The Morgan fingerprint density at radius 2 is 1.95 bits per heavy atom. The number of hydrogen-bond donors (Lipinski definition) is 1. The molecule has 0 atom stereocenters. The number of aromatic nitrogens is 2. The summed E-state index contributed by atoms with van der Waals surface area (Å²) in [6.45, 7) is 14.9. The third-order valence-electron chi connectivity index (χ3n) is 8.19. The van der Waals surface area contributed by atoms with Crippen molar-refractivity contribution >= 4 is 11.1 Å². The van der Waals surface area contributed by atoms with Crippen LogP contribution in [0.3, 0.4) is 0 Å². The lowest BCUT2D eigenvalue weighted by atomic mass is 9.87. The Labute approximate surface area is 254 Å². The van der Waals surface area contributed by atoms with Crippen LogP contribution in [0, 0.1) is 5.92 Å². The highest BCUT2D eigenvalue weighted by Gasteiger charge is 2.21. The average Bonchev–Trinajstić information content (AvgIpc) is 3.45. The van der Waals surface area contributed by atoms with Gasteiger partial charge in [-0.25, -0.2) is 0 Å². The number of aromatic amines is 1. The van der Waals surface area contributed by atoms with E-state index in [9.17, 15) is 0 Å². The first kappa shape index (κ1) is 31.1. The fraction of sp³-hybridized carbons (Fsp3) is 0.385. The van der Waals surface area contributed by atoms with E-state index < -0.39 is 0 Å². The van der Waals surface area contributed by atoms with Crippen molar-refractivity contribution in [3.05, 3.63) is 131 Å². The fourth-order valence-corrected chi connectivity index (χ4v) is 5.86. The Kier molecular flexibility index (Phi) is 11.9. The van der Waals surface area contributed by atoms with Gasteiger partial charge in [-0.15, -0.1) is 5.73 Å². The first-order valence-corrected chi connectivity index (χ1v) is 15.9. The molecule has 3 heteroatoms. The lowest BCUT2D eigenvalue weighted by Gasteiger charge is -2.35. The van der Waals surface area contributed by atoms with Crippen molar-refractivity contribution in [1.29, 1.82) is 0 Å². The molecule has 1 N–H and O–H groups in total. The molecule has 3 aliphatic rings. The molecular formula is C39H49N3. The summed E-state index contributed by atoms with van der Waals surface area (Å²) in [5, 5.41) is 7.56. The zero-order valence-corrected chi connectivity index (χ0v) is 26.3. The first-order chi connectivity index (χ1) is 20.5. The molecule has 1 aromatic heterocycles. The van der Waals surface area contributed by atoms with E-state index in [1.165, 1.54) is 56.2 Å². The molecule has 0 saturated carbocycles. The minimum atomic E-state index is 0.814. The highest BCUT2D eigenvalue weighted by Crippen LogP contribution is 2.31. The summed E-state index contributed by atoms with van der Waals surface area (Å²) in [6, 6.07) is 0. The van der Waals surface area contributed by atoms with Gasteiger partial charge in [0.15, 0.2) is 0 Å². The van der Waals surface area contributed by atoms with Gasteiger partial charge in [0.05, 0.1) is 11.9 Å². The van der Waals surface area contributed by atoms with E-state index in [1.807, 2.05) is 25.3 Å². The molecule has 0 spiro atoms. The number of hydrogen-bond acceptors (Lipinski definition) is 2. The summed E-state index contributed by atoms with van der Waals surface area (Å²) in [7, 11) is 0. The molecule has 0 aromatic carbocycles. The third kappa shape index (κ3) is 8.84. The maximum absolute atomic E-state index is 4.37. The summed E-state index contributed by atoms with van der Waals surface area (Å²) in [5.41, 5.74) is 14.3. The van der Waals surface area contributed by atoms with Gasteiger partial charge >= 0.3 is 0 Å². The summed E-state index contributed by atoms with van der Waals surface area (Å²) in [5.74, 6) is 0.814. The van der Waals surface area contributed by atoms with Gasteiger partial charge in [0.2, 0.25) is 0 Å². The van der Waals surface area contributed by atoms with Crippen molar-refractivity contribution in [1.82, 2.24) is 15.1 Å². The summed E-state index contributed by atoms with van der Waals surface area (Å²) in [4.78, 5) is 2.60. The van der Waals surface area contributed by atoms with E-state index in [2.05, 4.69) is 109 Å². The van der Waals surface area contributed by atoms with Crippen molar-refractivity contribution in [2.24, 2.45) is 5.92 Å². The highest BCUT2D eigenvalue weighted by atomic mass is 15.1. The molecule has 0 unspecified atom stereocenters. The molecule has 0 radical (unpaired) electrons. The van der Waals surface area contributed by atoms with Gasteiger partial charge in [-0.2, -0.15) is 5.10 Å². The number of allylic oxidation sites excluding steroid dienone is 17. The van der Waals surface area contributed by atoms with Gasteiger partial charge in [0, 0.05) is 29.9 Å². The van der Waals surface area contributed by atoms with Crippen LogP contribution >= 0.6 is 0 Å². The first-order valence-electron chi connectivity index (χ1n) is 15.9. The topological polar surface area (TPSA) is 31.9 Å². The monoisotopic (exact) mass is 559 g/mol. The molecule has 1 fully saturated rings. The average molecular weight is 560 g/mol. The number of H-pyrrole nitrogens is 1. The van der Waals surface area contributed by atoms with Crippen molar-refractivity contribution in [2.45, 2.75) is 79.1 Å². The van der Waals surface area contributed by atoms with Crippen LogP contribution in [0.25, 0.3) is 11.1 Å². The lowest BCUT2D eigenvalue weighted by molar-refractivity contribution is 0.229. The van der Waals surface area contributed by atoms with Crippen LogP contribution in [-0.2, 0) is 0 Å². The molecule has 4 rings (SSSR count). The number of rotatable bonds is 11. The molecule has 1 aromatic rings. The normalized spacial score (nSPS) is 21.8. The minimum Gasteiger partial charge on any atom is -0.372 e. The molecule has 0 amide bonds. The second-order valence-electron chi connectivity index (χ2n) is 11.8. The number of unbranched alkanes of at least 4 members (excludes halogenated alkanes) is 1. The molecule has 42 heavy (non-hydrogen) atoms. The van der Waals surface area contributed by atoms with Crippen molar-refractivity contribution in [2.75, 3.05) is 13.1 Å². The summed E-state index contributed by atoms with van der Waals surface area (Å²) in [6.07, 6.45) is 38.2. The molecular weight excluding hydrogens is 510 g/mol. The highest BCUT2D eigenvalue weighted by molar-refractivity contribution is 5.83. The summed E-state index contributed by atoms with van der Waals surface area (Å²) >= 11 is 0. The predicted octanol–water partition coefficient (Wildman–Crippen LogP) is 10.4. The fourth-order valence-electron chi connectivity index (χ4n) is 5.86. The Morgan fingerprint density at radius 1 is 1.12 bits per heavy atom. The Bertz CT molecular complexity index is 1410. The molecule has 1 aliphatic heterocycles. The van der Waals surface area contributed by atoms with Crippen LogP contribution < -0.4 is 0 Å². The lowest BCUT2D eigenvalue weighted by Crippen LogP contribution is -2.33. The standard InChI is InChI=1S/C39H49N3/c1-6-8-16-32(13-7-2)27-33-23-25-42(26-24-33)37-20-10-9-17-34-21-22-35(18-12-19-36(34)28-37)38-29-40-41-39(38)31(5)15-11-14-30(3)4/h9,11-12,14-16,18-22,28-29,33H,3,6-8,10,13,23-27H2,1-2,4-5H3,(H,40,41)/b14-11-,19-12-,22-21?,31-15+,32-16+,35-18?,36-28-,37-20+. The molecule has 2 heterocycles. The van der Waals surface area contributed by atoms with Crippen molar-refractivity contribution in [3.63, 3.8) is 0 Å². The van der Waals surface area contributed by atoms with Crippen LogP contribution in [0.15, 0.2) is 119 Å². The molecule has 3 nitrogen and oxygen atoms in total. The van der Waals surface area contributed by atoms with Crippen LogP contribution in [0.4, 0.5) is 0 Å². The predicted molar refractivity (Wildman–Crippen MR) is 182 cm³/mol. The molecule has 0 bridgehead atoms. The van der Waals surface area contributed by atoms with Gasteiger partial charge in [-0.1, -0.05) is 99.1 Å². The van der Waals surface area contributed by atoms with Crippen LogP contribution in [-0.4, -0.2) is 28.2 Å². The van der Waals surface area contributed by atoms with Crippen molar-refractivity contribution < 1.29 is 0 Å². The second kappa shape index (κ2) is 16.0. The number of fused-ring (bicyclic) bond motifs is 1. The maximum atomic E-state index is 4.37. The van der Waals surface area contributed by atoms with E-state index in [0.29, 0.717) is 0 Å². The number of nitrogens with one attached hydrogen (secondary N) is 1. The molecule has 1 saturated heterocycles. The van der Waals surface area contributed by atoms with Crippen LogP contribution in [0.1, 0.15) is 90.3 Å². The van der Waals surface area contributed by atoms with Gasteiger partial charge in [-0.3, -0.25) is 5.10 Å². The SMILES string of the molecule is C=C(C)/C=C\C=C(/C)c1[nH]ncc1C1=C\C=C/C2=C/C(N3CCC(C/C(=C/CCC)CCC)CC3)=C\CC=C=C2C=C1. The Morgan fingerprint density at radius 3 is 2.71 bits per heavy atom. The number of piperidine rings is 1. The molecule has 220 valence electrons. The van der Waals surface area contributed by atoms with Gasteiger partial charge in [-0.05, 0) is 93.2 Å². The van der Waals surface area contributed by atoms with Crippen LogP contribution in [0.5, 0.6) is 0 Å². The summed E-state index contributed by atoms with van der Waals surface area (Å²) < 4.78 is 0. The zero-order valence-electron chi connectivity index (χ0n) is 26.3. The van der Waals surface area contributed by atoms with Crippen LogP contribution in [0.2, 0.25) is 0 Å². The van der Waals surface area contributed by atoms with E-state index in [1.54, 1.807) is 5.57 Å². The van der Waals surface area contributed by atoms with E-state index >= 15 is 0 Å². The van der Waals surface area contributed by atoms with Gasteiger partial charge in [0.1, 0.15) is 0 Å². The second-order valence-corrected chi connectivity index (χ2v) is 11.8. The van der Waals surface area contributed by atoms with Gasteiger partial charge < -0.3 is 4.90 Å². The largest absolute Gasteiger partial charge is 0.372 e. The smallest absolute Gasteiger partial charge is 0.0685 e. The number of likely N-dealkylation sites (tertiary alicyclic amines) is 1. The molecule has 2 aliphatic carbocycles. The van der Waals surface area contributed by atoms with Crippen molar-refractivity contribution in [3.8, 4) is 0 Å². The van der Waals surface area contributed by atoms with E-state index in [-0.39, 0.29) is 0 Å². The van der Waals surface area contributed by atoms with Gasteiger partial charge in [0.25, 0.3) is 0 Å². The van der Waals surface area contributed by atoms with E-state index in [0.717, 1.165) is 59.0 Å². The Hall–Kier alpha value is -3.81. The number of nitrogens with zero attached hydrogens (tertiary/aromatic N) is 2.